The molecule has 0 radical (unpaired) electrons. The molecule has 0 spiro atoms. The van der Waals surface area contributed by atoms with Crippen molar-refractivity contribution in [1.29, 1.82) is 0 Å². The third kappa shape index (κ3) is 8.24. The van der Waals surface area contributed by atoms with Gasteiger partial charge in [-0.05, 0) is 29.7 Å². The minimum Gasteiger partial charge on any atom is -0.481 e. The van der Waals surface area contributed by atoms with Gasteiger partial charge in [-0.2, -0.15) is 0 Å². The quantitative estimate of drug-likeness (QED) is 0.0737. The largest absolute Gasteiger partial charge is 0.481 e. The highest BCUT2D eigenvalue weighted by atomic mass is 16.4. The first kappa shape index (κ1) is 33.4. The van der Waals surface area contributed by atoms with Gasteiger partial charge in [0.25, 0.3) is 0 Å². The maximum Gasteiger partial charge on any atom is 0.326 e. The number of nitrogens with one attached hydrogen (secondary N) is 6. The lowest BCUT2D eigenvalue weighted by Gasteiger charge is -2.25. The Bertz CT molecular complexity index is 1910. The van der Waals surface area contributed by atoms with Crippen LogP contribution in [0.5, 0.6) is 0 Å². The molecule has 10 N–H and O–H groups in total. The van der Waals surface area contributed by atoms with Gasteiger partial charge in [0.15, 0.2) is 0 Å². The summed E-state index contributed by atoms with van der Waals surface area (Å²) >= 11 is 0. The van der Waals surface area contributed by atoms with Crippen molar-refractivity contribution in [2.75, 3.05) is 0 Å². The zero-order valence-electron chi connectivity index (χ0n) is 25.7. The highest BCUT2D eigenvalue weighted by Crippen LogP contribution is 2.21. The number of para-hydroxylation sites is 2. The molecule has 0 bridgehead atoms. The second kappa shape index (κ2) is 15.1. The van der Waals surface area contributed by atoms with Crippen LogP contribution >= 0.6 is 0 Å². The predicted molar refractivity (Wildman–Crippen MR) is 175 cm³/mol. The number of aromatic nitrogens is 4. The summed E-state index contributed by atoms with van der Waals surface area (Å²) in [5.41, 5.74) is 9.45. The number of aromatic amines is 3. The van der Waals surface area contributed by atoms with Crippen LogP contribution < -0.4 is 21.7 Å². The number of carbonyl (C=O) groups is 5. The summed E-state index contributed by atoms with van der Waals surface area (Å²) in [6, 6.07) is 9.72. The monoisotopic (exact) mass is 656 g/mol. The number of aliphatic carboxylic acids is 2. The Morgan fingerprint density at radius 3 is 1.77 bits per heavy atom. The Morgan fingerprint density at radius 2 is 1.23 bits per heavy atom. The molecule has 2 aromatic carbocycles. The Kier molecular flexibility index (Phi) is 10.5. The number of fused-ring (bicyclic) bond motifs is 2. The molecule has 0 aliphatic carbocycles. The molecule has 15 heteroatoms. The van der Waals surface area contributed by atoms with Crippen molar-refractivity contribution in [3.05, 3.63) is 90.3 Å². The number of H-pyrrole nitrogens is 3. The van der Waals surface area contributed by atoms with Crippen molar-refractivity contribution in [3.8, 4) is 0 Å². The van der Waals surface area contributed by atoms with E-state index in [1.54, 1.807) is 12.4 Å². The van der Waals surface area contributed by atoms with Gasteiger partial charge in [-0.3, -0.25) is 19.2 Å². The van der Waals surface area contributed by atoms with Crippen LogP contribution in [0.4, 0.5) is 0 Å². The summed E-state index contributed by atoms with van der Waals surface area (Å²) in [6.07, 6.45) is 5.69. The Balaban J connectivity index is 1.37. The average molecular weight is 657 g/mol. The fourth-order valence-corrected chi connectivity index (χ4v) is 5.51. The average Bonchev–Trinajstić information content (AvgIpc) is 3.83. The third-order valence-electron chi connectivity index (χ3n) is 8.06. The van der Waals surface area contributed by atoms with Gasteiger partial charge >= 0.3 is 11.9 Å². The van der Waals surface area contributed by atoms with Crippen LogP contribution in [0.2, 0.25) is 0 Å². The number of carboxylic acids is 2. The van der Waals surface area contributed by atoms with Crippen LogP contribution in [0.3, 0.4) is 0 Å². The lowest BCUT2D eigenvalue weighted by atomic mass is 10.0. The zero-order chi connectivity index (χ0) is 34.2. The molecule has 3 aromatic heterocycles. The number of carboxylic acid groups (broad SMARTS) is 2. The molecule has 3 heterocycles. The van der Waals surface area contributed by atoms with E-state index in [2.05, 4.69) is 35.9 Å². The van der Waals surface area contributed by atoms with E-state index in [1.165, 1.54) is 12.5 Å². The van der Waals surface area contributed by atoms with E-state index in [0.717, 1.165) is 21.8 Å². The van der Waals surface area contributed by atoms with Crippen LogP contribution in [0.1, 0.15) is 29.7 Å². The van der Waals surface area contributed by atoms with Gasteiger partial charge in [0, 0.05) is 71.8 Å². The summed E-state index contributed by atoms with van der Waals surface area (Å²) < 4.78 is 0. The number of rotatable bonds is 16. The van der Waals surface area contributed by atoms with Gasteiger partial charge in [-0.25, -0.2) is 9.78 Å². The maximum atomic E-state index is 13.9. The van der Waals surface area contributed by atoms with Gasteiger partial charge in [-0.15, -0.1) is 0 Å². The molecule has 4 atom stereocenters. The number of hydrogen-bond donors (Lipinski definition) is 9. The number of hydrogen-bond acceptors (Lipinski definition) is 7. The second-order valence-electron chi connectivity index (χ2n) is 11.5. The van der Waals surface area contributed by atoms with Crippen LogP contribution in [-0.2, 0) is 43.2 Å². The summed E-state index contributed by atoms with van der Waals surface area (Å²) in [5.74, 6) is -4.62. The number of nitrogens with zero attached hydrogens (tertiary/aromatic N) is 1. The highest BCUT2D eigenvalue weighted by molar-refractivity contribution is 5.95. The minimum absolute atomic E-state index is 0.00392. The fraction of sp³-hybridized carbons (Fsp3) is 0.273. The molecule has 0 aliphatic heterocycles. The van der Waals surface area contributed by atoms with Crippen molar-refractivity contribution in [2.24, 2.45) is 5.73 Å². The maximum absolute atomic E-state index is 13.9. The second-order valence-corrected chi connectivity index (χ2v) is 11.5. The highest BCUT2D eigenvalue weighted by Gasteiger charge is 2.32. The van der Waals surface area contributed by atoms with Gasteiger partial charge in [-0.1, -0.05) is 36.4 Å². The third-order valence-corrected chi connectivity index (χ3v) is 8.06. The molecule has 0 saturated heterocycles. The van der Waals surface area contributed by atoms with Crippen molar-refractivity contribution in [2.45, 2.75) is 56.3 Å². The summed E-state index contributed by atoms with van der Waals surface area (Å²) in [4.78, 5) is 77.0. The molecule has 250 valence electrons. The molecular weight excluding hydrogens is 620 g/mol. The minimum atomic E-state index is -1.33. The van der Waals surface area contributed by atoms with Gasteiger partial charge < -0.3 is 46.8 Å². The van der Waals surface area contributed by atoms with Crippen LogP contribution in [0, 0.1) is 0 Å². The van der Waals surface area contributed by atoms with Gasteiger partial charge in [0.1, 0.15) is 18.1 Å². The molecule has 5 rings (SSSR count). The number of imidazole rings is 1. The summed E-state index contributed by atoms with van der Waals surface area (Å²) in [6.45, 7) is 0. The van der Waals surface area contributed by atoms with Crippen molar-refractivity contribution < 1.29 is 34.2 Å². The van der Waals surface area contributed by atoms with E-state index in [4.69, 9.17) is 10.8 Å². The van der Waals surface area contributed by atoms with E-state index in [9.17, 15) is 29.1 Å². The van der Waals surface area contributed by atoms with E-state index in [-0.39, 0.29) is 32.1 Å². The van der Waals surface area contributed by atoms with Crippen molar-refractivity contribution >= 4 is 51.5 Å². The number of amides is 3. The summed E-state index contributed by atoms with van der Waals surface area (Å²) in [5, 5.41) is 28.6. The van der Waals surface area contributed by atoms with Crippen molar-refractivity contribution in [3.63, 3.8) is 0 Å². The molecule has 0 fully saturated rings. The van der Waals surface area contributed by atoms with E-state index in [0.29, 0.717) is 16.8 Å². The first-order chi connectivity index (χ1) is 23.1. The van der Waals surface area contributed by atoms with E-state index >= 15 is 0 Å². The molecule has 0 saturated carbocycles. The fourth-order valence-electron chi connectivity index (χ4n) is 5.51. The van der Waals surface area contributed by atoms with Crippen molar-refractivity contribution in [1.82, 2.24) is 35.9 Å². The lowest BCUT2D eigenvalue weighted by molar-refractivity contribution is -0.142. The first-order valence-electron chi connectivity index (χ1n) is 15.3. The Labute approximate surface area is 273 Å². The SMILES string of the molecule is NC(CCC(=O)O)C(=O)NC(Cc1c[nH]c2ccccc12)C(=O)NC(Cc1cnc[nH]1)C(=O)NC(Cc1c[nH]c2ccccc12)C(=O)O. The Hall–Kier alpha value is -5.96. The molecule has 15 nitrogen and oxygen atoms in total. The summed E-state index contributed by atoms with van der Waals surface area (Å²) in [7, 11) is 0. The van der Waals surface area contributed by atoms with Crippen LogP contribution in [-0.4, -0.2) is 84.0 Å². The topological polar surface area (TPSA) is 248 Å². The van der Waals surface area contributed by atoms with E-state index in [1.807, 2.05) is 48.5 Å². The molecule has 3 amide bonds. The molecular formula is C33H36N8O7. The number of benzene rings is 2. The molecule has 48 heavy (non-hydrogen) atoms. The predicted octanol–water partition coefficient (Wildman–Crippen LogP) is 1.13. The normalized spacial score (nSPS) is 13.8. The number of nitrogens with two attached hydrogens (primary N) is 1. The van der Waals surface area contributed by atoms with E-state index < -0.39 is 53.8 Å². The molecule has 0 aliphatic rings. The molecule has 5 aromatic rings. The van der Waals surface area contributed by atoms with Gasteiger partial charge in [0.2, 0.25) is 17.7 Å². The standard InChI is InChI=1S/C33H36N8O7/c34-23(9-10-29(42)43)30(44)39-26(11-18-14-36-24-7-3-1-5-21(18)24)31(45)40-27(13-20-16-35-17-38-20)32(46)41-28(33(47)48)12-19-15-37-25-8-4-2-6-22(19)25/h1-8,14-17,23,26-28,36-37H,9-13,34H2,(H,35,38)(H,39,44)(H,40,45)(H,41,46)(H,42,43)(H,47,48). The van der Waals surface area contributed by atoms with Gasteiger partial charge in [0.05, 0.1) is 12.4 Å². The zero-order valence-corrected chi connectivity index (χ0v) is 25.7. The molecule has 4 unspecified atom stereocenters. The van der Waals surface area contributed by atoms with Crippen LogP contribution in [0.15, 0.2) is 73.4 Å². The Morgan fingerprint density at radius 1 is 0.708 bits per heavy atom. The number of carbonyl (C=O) groups excluding carboxylic acids is 3. The first-order valence-corrected chi connectivity index (χ1v) is 15.3. The smallest absolute Gasteiger partial charge is 0.326 e. The lowest BCUT2D eigenvalue weighted by Crippen LogP contribution is -2.58. The van der Waals surface area contributed by atoms with Crippen LogP contribution in [0.25, 0.3) is 21.8 Å².